The van der Waals surface area contributed by atoms with E-state index in [0.29, 0.717) is 11.4 Å². The summed E-state index contributed by atoms with van der Waals surface area (Å²) in [6.07, 6.45) is 1.51. The largest absolute Gasteiger partial charge is 0.595 e. The molecule has 10 heteroatoms. The maximum absolute atomic E-state index is 11.8. The molecule has 3 rings (SSSR count). The first-order valence-electron chi connectivity index (χ1n) is 8.15. The van der Waals surface area contributed by atoms with Gasteiger partial charge in [-0.2, -0.15) is 20.1 Å². The number of quaternary nitrogens is 1. The van der Waals surface area contributed by atoms with E-state index in [0.717, 1.165) is 16.9 Å². The van der Waals surface area contributed by atoms with Gasteiger partial charge in [0.2, 0.25) is 4.80 Å². The molecular weight excluding hydrogens is 382 g/mol. The van der Waals surface area contributed by atoms with Crippen LogP contribution in [0.1, 0.15) is 22.3 Å². The average molecular weight is 399 g/mol. The molecule has 0 radical (unpaired) electrons. The van der Waals surface area contributed by atoms with Crippen LogP contribution in [-0.4, -0.2) is 34.1 Å². The first-order chi connectivity index (χ1) is 13.5. The molecule has 0 fully saturated rings. The van der Waals surface area contributed by atoms with E-state index in [9.17, 15) is 15.2 Å². The van der Waals surface area contributed by atoms with E-state index < -0.39 is 5.23 Å². The molecule has 0 saturated heterocycles. The lowest BCUT2D eigenvalue weighted by atomic mass is 10.2. The van der Waals surface area contributed by atoms with Crippen molar-refractivity contribution in [2.75, 3.05) is 7.11 Å². The third-order valence-electron chi connectivity index (χ3n) is 3.70. The third-order valence-corrected chi connectivity index (χ3v) is 4.70. The van der Waals surface area contributed by atoms with Gasteiger partial charge < -0.3 is 9.94 Å². The molecule has 1 atom stereocenters. The minimum atomic E-state index is -1.11. The van der Waals surface area contributed by atoms with Crippen molar-refractivity contribution >= 4 is 29.0 Å². The van der Waals surface area contributed by atoms with Gasteiger partial charge >= 0.3 is 0 Å². The molecule has 0 saturated carbocycles. The highest BCUT2D eigenvalue weighted by Crippen LogP contribution is 2.16. The summed E-state index contributed by atoms with van der Waals surface area (Å²) in [5, 5.41) is 32.5. The van der Waals surface area contributed by atoms with E-state index in [1.165, 1.54) is 23.9 Å². The van der Waals surface area contributed by atoms with Crippen molar-refractivity contribution in [1.29, 1.82) is 0 Å². The van der Waals surface area contributed by atoms with Crippen LogP contribution in [0.4, 0.5) is 5.69 Å². The summed E-state index contributed by atoms with van der Waals surface area (Å²) in [5.41, 5.74) is 1.06. The number of carbonyl (C=O) groups is 1. The lowest BCUT2D eigenvalue weighted by molar-refractivity contribution is -0.991. The Bertz CT molecular complexity index is 1090. The van der Waals surface area contributed by atoms with Crippen molar-refractivity contribution in [3.05, 3.63) is 69.1 Å². The number of ketones is 1. The van der Waals surface area contributed by atoms with Gasteiger partial charge in [-0.05, 0) is 18.2 Å². The van der Waals surface area contributed by atoms with Crippen LogP contribution in [0.5, 0.6) is 5.75 Å². The van der Waals surface area contributed by atoms with E-state index in [-0.39, 0.29) is 21.3 Å². The molecule has 3 aromatic rings. The zero-order valence-corrected chi connectivity index (χ0v) is 15.9. The summed E-state index contributed by atoms with van der Waals surface area (Å²) in [6, 6.07) is 13.6. The fourth-order valence-electron chi connectivity index (χ4n) is 2.40. The number of methoxy groups -OCH3 is 1. The van der Waals surface area contributed by atoms with Gasteiger partial charge in [0.25, 0.3) is 0 Å². The molecule has 1 heterocycles. The second kappa shape index (κ2) is 8.67. The van der Waals surface area contributed by atoms with Gasteiger partial charge in [0.15, 0.2) is 16.5 Å². The highest BCUT2D eigenvalue weighted by molar-refractivity contribution is 7.10. The molecule has 9 nitrogen and oxygen atoms in total. The van der Waals surface area contributed by atoms with Gasteiger partial charge in [0, 0.05) is 18.6 Å². The van der Waals surface area contributed by atoms with Gasteiger partial charge in [-0.25, -0.2) is 5.21 Å². The average Bonchev–Trinajstić information content (AvgIpc) is 3.12. The molecule has 0 spiro atoms. The molecule has 0 aliphatic carbocycles. The highest BCUT2D eigenvalue weighted by atomic mass is 32.1. The topological polar surface area (TPSA) is 117 Å². The minimum absolute atomic E-state index is 0.0399. The Morgan fingerprint density at radius 2 is 2.00 bits per heavy atom. The molecule has 0 aliphatic rings. The standard InChI is InChI=1S/C18H17N5O4S/c1-12(24)17-21-22(14-8-4-5-9-15(14)23(25)26)18(28-17)20-19-11-13-7-3-6-10-16(13)27-2/h3-11,23,25H,1-2H3. The van der Waals surface area contributed by atoms with Crippen LogP contribution in [0.2, 0.25) is 0 Å². The second-order valence-corrected chi connectivity index (χ2v) is 6.52. The number of hydrogen-bond acceptors (Lipinski definition) is 8. The zero-order chi connectivity index (χ0) is 20.1. The molecule has 0 aliphatic heterocycles. The normalized spacial score (nSPS) is 13.1. The van der Waals surface area contributed by atoms with Gasteiger partial charge in [-0.3, -0.25) is 4.79 Å². The summed E-state index contributed by atoms with van der Waals surface area (Å²) in [6.45, 7) is 1.38. The van der Waals surface area contributed by atoms with Gasteiger partial charge in [0.05, 0.1) is 13.3 Å². The molecule has 0 bridgehead atoms. The highest BCUT2D eigenvalue weighted by Gasteiger charge is 2.16. The van der Waals surface area contributed by atoms with Crippen LogP contribution in [0, 0.1) is 5.21 Å². The number of para-hydroxylation sites is 3. The Morgan fingerprint density at radius 3 is 2.71 bits per heavy atom. The predicted molar refractivity (Wildman–Crippen MR) is 103 cm³/mol. The third kappa shape index (κ3) is 4.21. The van der Waals surface area contributed by atoms with Crippen molar-refractivity contribution in [2.45, 2.75) is 6.92 Å². The fourth-order valence-corrected chi connectivity index (χ4v) is 3.15. The number of rotatable bonds is 6. The smallest absolute Gasteiger partial charge is 0.233 e. The first kappa shape index (κ1) is 19.6. The van der Waals surface area contributed by atoms with Gasteiger partial charge in [0.1, 0.15) is 11.4 Å². The van der Waals surface area contributed by atoms with Crippen molar-refractivity contribution in [1.82, 2.24) is 9.78 Å². The number of nitrogens with zero attached hydrogens (tertiary/aromatic N) is 4. The van der Waals surface area contributed by atoms with E-state index >= 15 is 0 Å². The van der Waals surface area contributed by atoms with E-state index in [2.05, 4.69) is 15.3 Å². The predicted octanol–water partition coefficient (Wildman–Crippen LogP) is 1.48. The van der Waals surface area contributed by atoms with Gasteiger partial charge in [-0.15, -0.1) is 5.10 Å². The van der Waals surface area contributed by atoms with Crippen molar-refractivity contribution < 1.29 is 20.0 Å². The Labute approximate surface area is 164 Å². The number of aromatic nitrogens is 2. The lowest BCUT2D eigenvalue weighted by Gasteiger charge is -2.14. The second-order valence-electron chi connectivity index (χ2n) is 5.57. The molecule has 2 N–H and O–H groups in total. The van der Waals surface area contributed by atoms with Crippen LogP contribution in [0.15, 0.2) is 58.7 Å². The van der Waals surface area contributed by atoms with Crippen LogP contribution in [0.25, 0.3) is 5.69 Å². The molecule has 144 valence electrons. The Morgan fingerprint density at radius 1 is 1.29 bits per heavy atom. The number of nitrogens with one attached hydrogen (secondary N) is 1. The maximum Gasteiger partial charge on any atom is 0.233 e. The molecule has 0 amide bonds. The first-order valence-corrected chi connectivity index (χ1v) is 8.96. The summed E-state index contributed by atoms with van der Waals surface area (Å²) < 4.78 is 6.57. The van der Waals surface area contributed by atoms with Gasteiger partial charge in [-0.1, -0.05) is 35.6 Å². The van der Waals surface area contributed by atoms with E-state index in [1.807, 2.05) is 18.2 Å². The molecule has 2 aromatic carbocycles. The lowest BCUT2D eigenvalue weighted by Crippen LogP contribution is -2.99. The number of carbonyl (C=O) groups excluding carboxylic acids is 1. The maximum atomic E-state index is 11.8. The minimum Gasteiger partial charge on any atom is -0.595 e. The van der Waals surface area contributed by atoms with Crippen LogP contribution < -0.4 is 14.8 Å². The number of Topliss-reactive ketones (excluding diaryl/α,β-unsaturated/α-hetero) is 1. The Balaban J connectivity index is 2.10. The molecular formula is C18H17N5O4S. The number of benzene rings is 2. The fraction of sp³-hybridized carbons (Fsp3) is 0.111. The number of ether oxygens (including phenoxy) is 1. The summed E-state index contributed by atoms with van der Waals surface area (Å²) >= 11 is 1.03. The van der Waals surface area contributed by atoms with Crippen LogP contribution >= 0.6 is 11.3 Å². The van der Waals surface area contributed by atoms with Crippen LogP contribution in [-0.2, 0) is 0 Å². The SMILES string of the molecule is COc1ccccc1C=NN=c1sc(C(C)=O)nn1-c1ccccc1[NH+]([O-])O. The summed E-state index contributed by atoms with van der Waals surface area (Å²) in [4.78, 5) is 12.0. The van der Waals surface area contributed by atoms with Crippen molar-refractivity contribution in [3.63, 3.8) is 0 Å². The molecule has 1 aromatic heterocycles. The van der Waals surface area contributed by atoms with E-state index in [1.54, 1.807) is 31.4 Å². The monoisotopic (exact) mass is 399 g/mol. The van der Waals surface area contributed by atoms with Crippen LogP contribution in [0.3, 0.4) is 0 Å². The Kier molecular flexibility index (Phi) is 6.06. The van der Waals surface area contributed by atoms with Crippen molar-refractivity contribution in [2.24, 2.45) is 10.2 Å². The molecule has 1 unspecified atom stereocenters. The van der Waals surface area contributed by atoms with E-state index in [4.69, 9.17) is 4.74 Å². The zero-order valence-electron chi connectivity index (χ0n) is 15.1. The molecule has 28 heavy (non-hydrogen) atoms. The summed E-state index contributed by atoms with van der Waals surface area (Å²) in [5.74, 6) is 0.390. The number of hydrogen-bond donors (Lipinski definition) is 2. The van der Waals surface area contributed by atoms with Crippen molar-refractivity contribution in [3.8, 4) is 11.4 Å². The quantitative estimate of drug-likeness (QED) is 0.370. The summed E-state index contributed by atoms with van der Waals surface area (Å²) in [7, 11) is 1.56. The Hall–Kier alpha value is -3.18.